The molecule has 4 heteroatoms. The molecule has 21 rings (SSSR count). The number of aromatic nitrogens is 4. The fourth-order valence-electron chi connectivity index (χ4n) is 16.4. The summed E-state index contributed by atoms with van der Waals surface area (Å²) in [6.45, 7) is 0. The van der Waals surface area contributed by atoms with Gasteiger partial charge in [-0.15, -0.1) is 0 Å². The van der Waals surface area contributed by atoms with Gasteiger partial charge in [0.25, 0.3) is 0 Å². The van der Waals surface area contributed by atoms with Crippen LogP contribution >= 0.6 is 0 Å². The van der Waals surface area contributed by atoms with Crippen LogP contribution in [-0.4, -0.2) is 18.3 Å². The van der Waals surface area contributed by atoms with Gasteiger partial charge in [0, 0.05) is 65.5 Å². The molecule has 4 heterocycles. The monoisotopic (exact) mass is 1320 g/mol. The van der Waals surface area contributed by atoms with E-state index in [-0.39, 0.29) is 0 Å². The zero-order valence-electron chi connectivity index (χ0n) is 56.9. The molecule has 0 saturated carbocycles. The molecule has 0 amide bonds. The van der Waals surface area contributed by atoms with Gasteiger partial charge in [0.1, 0.15) is 0 Å². The molecule has 0 atom stereocenters. The molecule has 104 heavy (non-hydrogen) atoms. The lowest BCUT2D eigenvalue weighted by atomic mass is 9.97. The SMILES string of the molecule is c1ccc(-c2ccc(-n3c4ccccc4c4cc(-c5ccc6c(c5)c5ccccc5n6-c5ccc(-c6ccccc6)c6ccccc56)ccc43)cc2)cc1.c1ccc(-c2ccc(-n3c4ccccc4c4cc(-c5ccc6c(c5)c5ccccc5n6-c5ccc(-c6ccccc6)cc5)ccc43)cc2)cc1. The van der Waals surface area contributed by atoms with E-state index in [0.717, 1.165) is 17.1 Å². The smallest absolute Gasteiger partial charge is 0.0541 e. The Morgan fingerprint density at radius 3 is 0.683 bits per heavy atom. The Labute approximate surface area is 602 Å². The van der Waals surface area contributed by atoms with E-state index in [4.69, 9.17) is 0 Å². The van der Waals surface area contributed by atoms with Crippen LogP contribution in [0.15, 0.2) is 400 Å². The van der Waals surface area contributed by atoms with E-state index in [0.29, 0.717) is 0 Å². The molecule has 0 bridgehead atoms. The summed E-state index contributed by atoms with van der Waals surface area (Å²) in [5, 5.41) is 12.5. The zero-order valence-corrected chi connectivity index (χ0v) is 56.9. The van der Waals surface area contributed by atoms with Gasteiger partial charge in [-0.2, -0.15) is 0 Å². The van der Waals surface area contributed by atoms with E-state index < -0.39 is 0 Å². The third-order valence-electron chi connectivity index (χ3n) is 21.3. The van der Waals surface area contributed by atoms with Crippen LogP contribution in [0.5, 0.6) is 0 Å². The van der Waals surface area contributed by atoms with E-state index in [1.807, 2.05) is 0 Å². The number of hydrogen-bond acceptors (Lipinski definition) is 0. The molecule has 4 aromatic heterocycles. The molecule has 0 saturated heterocycles. The summed E-state index contributed by atoms with van der Waals surface area (Å²) in [5.74, 6) is 0. The van der Waals surface area contributed by atoms with Gasteiger partial charge in [0.05, 0.1) is 49.8 Å². The van der Waals surface area contributed by atoms with Crippen molar-refractivity contribution in [2.45, 2.75) is 0 Å². The van der Waals surface area contributed by atoms with Gasteiger partial charge in [-0.3, -0.25) is 0 Å². The first kappa shape index (κ1) is 60.2. The fraction of sp³-hybridized carbons (Fsp3) is 0. The van der Waals surface area contributed by atoms with Crippen molar-refractivity contribution in [2.24, 2.45) is 0 Å². The van der Waals surface area contributed by atoms with Gasteiger partial charge in [-0.1, -0.05) is 285 Å². The first-order valence-electron chi connectivity index (χ1n) is 35.8. The van der Waals surface area contributed by atoms with Crippen molar-refractivity contribution >= 4 is 98.0 Å². The Balaban J connectivity index is 0.000000139. The summed E-state index contributed by atoms with van der Waals surface area (Å²) in [5.41, 5.74) is 29.0. The van der Waals surface area contributed by atoms with Crippen LogP contribution in [0.1, 0.15) is 0 Å². The van der Waals surface area contributed by atoms with Crippen LogP contribution in [0.2, 0.25) is 0 Å². The highest BCUT2D eigenvalue weighted by atomic mass is 15.0. The minimum atomic E-state index is 1.16. The Bertz CT molecular complexity index is 6640. The molecule has 0 unspecified atom stereocenters. The number of para-hydroxylation sites is 4. The molecule has 0 aliphatic heterocycles. The Morgan fingerprint density at radius 1 is 0.125 bits per heavy atom. The maximum atomic E-state index is 2.45. The first-order chi connectivity index (χ1) is 51.6. The topological polar surface area (TPSA) is 19.7 Å². The van der Waals surface area contributed by atoms with Crippen LogP contribution in [-0.2, 0) is 0 Å². The molecule has 0 aliphatic rings. The minimum Gasteiger partial charge on any atom is -0.309 e. The molecule has 4 nitrogen and oxygen atoms in total. The highest BCUT2D eigenvalue weighted by molar-refractivity contribution is 6.16. The number of hydrogen-bond donors (Lipinski definition) is 0. The van der Waals surface area contributed by atoms with Crippen LogP contribution in [0.3, 0.4) is 0 Å². The van der Waals surface area contributed by atoms with Gasteiger partial charge in [-0.05, 0) is 187 Å². The highest BCUT2D eigenvalue weighted by Crippen LogP contribution is 2.44. The predicted molar refractivity (Wildman–Crippen MR) is 440 cm³/mol. The Kier molecular flexibility index (Phi) is 14.5. The van der Waals surface area contributed by atoms with E-state index in [9.17, 15) is 0 Å². The third-order valence-corrected chi connectivity index (χ3v) is 21.3. The average Bonchev–Trinajstić information content (AvgIpc) is 1.52. The summed E-state index contributed by atoms with van der Waals surface area (Å²) in [4.78, 5) is 0. The minimum absolute atomic E-state index is 1.16. The molecule has 0 fully saturated rings. The summed E-state index contributed by atoms with van der Waals surface area (Å²) < 4.78 is 9.63. The van der Waals surface area contributed by atoms with Crippen LogP contribution in [0.4, 0.5) is 0 Å². The second kappa shape index (κ2) is 25.1. The quantitative estimate of drug-likeness (QED) is 0.130. The second-order valence-corrected chi connectivity index (χ2v) is 27.1. The average molecular weight is 1320 g/mol. The molecule has 21 aromatic rings. The van der Waals surface area contributed by atoms with E-state index in [2.05, 4.69) is 419 Å². The van der Waals surface area contributed by atoms with Crippen molar-refractivity contribution in [3.8, 4) is 89.5 Å². The normalized spacial score (nSPS) is 11.7. The Morgan fingerprint density at radius 2 is 0.356 bits per heavy atom. The van der Waals surface area contributed by atoms with E-state index in [1.165, 1.54) is 170 Å². The van der Waals surface area contributed by atoms with Crippen molar-refractivity contribution in [2.75, 3.05) is 0 Å². The lowest BCUT2D eigenvalue weighted by Crippen LogP contribution is -1.96. The van der Waals surface area contributed by atoms with Crippen LogP contribution in [0.25, 0.3) is 188 Å². The zero-order chi connectivity index (χ0) is 68.6. The van der Waals surface area contributed by atoms with Crippen molar-refractivity contribution in [3.63, 3.8) is 0 Å². The number of rotatable bonds is 10. The maximum absolute atomic E-state index is 2.45. The van der Waals surface area contributed by atoms with Gasteiger partial charge in [-0.25, -0.2) is 0 Å². The highest BCUT2D eigenvalue weighted by Gasteiger charge is 2.21. The third kappa shape index (κ3) is 10.2. The predicted octanol–water partition coefficient (Wildman–Crippen LogP) is 26.9. The van der Waals surface area contributed by atoms with Crippen molar-refractivity contribution in [3.05, 3.63) is 400 Å². The maximum Gasteiger partial charge on any atom is 0.0541 e. The van der Waals surface area contributed by atoms with Gasteiger partial charge < -0.3 is 18.3 Å². The standard InChI is InChI=1S/C52H34N2.C48H32N2/c1-3-13-35(14-4-1)36-23-27-40(28-24-36)53-48-21-11-9-19-44(48)46-33-38(25-30-51(46)53)39-26-31-52-47(34-39)45-20-10-12-22-49(45)54(52)50-32-29-41(37-15-5-2-6-16-37)42-17-7-8-18-43(42)50;1-3-11-33(12-4-1)35-19-25-39(26-20-35)49-45-17-9-7-15-41(45)43-31-37(23-29-47(43)49)38-24-30-48-44(32-38)42-16-8-10-18-46(42)50(48)40-27-21-36(22-28-40)34-13-5-2-6-14-34/h1-34H;1-32H. The molecule has 486 valence electrons. The number of benzene rings is 17. The molecule has 0 spiro atoms. The van der Waals surface area contributed by atoms with Crippen molar-refractivity contribution in [1.82, 2.24) is 18.3 Å². The molecular weight excluding hydrogens is 1260 g/mol. The fourth-order valence-corrected chi connectivity index (χ4v) is 16.4. The lowest BCUT2D eigenvalue weighted by Gasteiger charge is -2.15. The van der Waals surface area contributed by atoms with Crippen molar-refractivity contribution < 1.29 is 0 Å². The number of fused-ring (bicyclic) bond motifs is 13. The molecule has 0 aliphatic carbocycles. The van der Waals surface area contributed by atoms with Gasteiger partial charge >= 0.3 is 0 Å². The van der Waals surface area contributed by atoms with Crippen molar-refractivity contribution in [1.29, 1.82) is 0 Å². The summed E-state index contributed by atoms with van der Waals surface area (Å²) in [7, 11) is 0. The molecule has 0 N–H and O–H groups in total. The van der Waals surface area contributed by atoms with Gasteiger partial charge in [0.2, 0.25) is 0 Å². The van der Waals surface area contributed by atoms with E-state index in [1.54, 1.807) is 0 Å². The summed E-state index contributed by atoms with van der Waals surface area (Å²) in [6.07, 6.45) is 0. The molecule has 0 radical (unpaired) electrons. The summed E-state index contributed by atoms with van der Waals surface area (Å²) in [6, 6.07) is 146. The summed E-state index contributed by atoms with van der Waals surface area (Å²) >= 11 is 0. The Hall–Kier alpha value is -13.8. The molecular formula is C100H66N4. The number of nitrogens with zero attached hydrogens (tertiary/aromatic N) is 4. The second-order valence-electron chi connectivity index (χ2n) is 27.1. The first-order valence-corrected chi connectivity index (χ1v) is 35.8. The van der Waals surface area contributed by atoms with E-state index >= 15 is 0 Å². The van der Waals surface area contributed by atoms with Gasteiger partial charge in [0.15, 0.2) is 0 Å². The van der Waals surface area contributed by atoms with Crippen LogP contribution < -0.4 is 0 Å². The molecule has 17 aromatic carbocycles. The lowest BCUT2D eigenvalue weighted by molar-refractivity contribution is 1.18. The van der Waals surface area contributed by atoms with Crippen LogP contribution in [0, 0.1) is 0 Å². The largest absolute Gasteiger partial charge is 0.309 e.